The van der Waals surface area contributed by atoms with Gasteiger partial charge < -0.3 is 9.64 Å². The lowest BCUT2D eigenvalue weighted by Crippen LogP contribution is -2.34. The zero-order valence-corrected chi connectivity index (χ0v) is 17.0. The van der Waals surface area contributed by atoms with Gasteiger partial charge in [-0.25, -0.2) is 9.97 Å². The maximum absolute atomic E-state index is 5.41. The molecule has 28 heavy (non-hydrogen) atoms. The summed E-state index contributed by atoms with van der Waals surface area (Å²) in [6.45, 7) is 5.25. The standard InChI is InChI=1S/C23H30N4O/c1-26-13-11-21-20(17-26)16-24-23(25-21)19-9-14-27(15-10-19)12-5-7-18-6-3-4-8-22(18)28-2/h3-8,16,19H,9-15,17H2,1-2H3/b7-5+. The smallest absolute Gasteiger partial charge is 0.131 e. The number of rotatable bonds is 5. The number of hydrogen-bond donors (Lipinski definition) is 0. The molecule has 0 amide bonds. The normalized spacial score (nSPS) is 19.1. The second-order valence-electron chi connectivity index (χ2n) is 7.91. The molecule has 0 spiro atoms. The van der Waals surface area contributed by atoms with E-state index in [0.717, 1.165) is 69.1 Å². The van der Waals surface area contributed by atoms with Gasteiger partial charge >= 0.3 is 0 Å². The summed E-state index contributed by atoms with van der Waals surface area (Å²) < 4.78 is 5.41. The van der Waals surface area contributed by atoms with E-state index in [2.05, 4.69) is 41.3 Å². The van der Waals surface area contributed by atoms with Gasteiger partial charge in [0, 0.05) is 55.0 Å². The van der Waals surface area contributed by atoms with E-state index in [1.807, 2.05) is 18.2 Å². The van der Waals surface area contributed by atoms with Crippen LogP contribution in [0.4, 0.5) is 0 Å². The molecule has 148 valence electrons. The van der Waals surface area contributed by atoms with Crippen molar-refractivity contribution in [3.8, 4) is 5.75 Å². The third-order valence-corrected chi connectivity index (χ3v) is 5.90. The topological polar surface area (TPSA) is 41.5 Å². The van der Waals surface area contributed by atoms with E-state index in [-0.39, 0.29) is 0 Å². The van der Waals surface area contributed by atoms with E-state index in [9.17, 15) is 0 Å². The van der Waals surface area contributed by atoms with Crippen LogP contribution in [0.2, 0.25) is 0 Å². The number of likely N-dealkylation sites (tertiary alicyclic amines) is 1. The van der Waals surface area contributed by atoms with Gasteiger partial charge in [-0.1, -0.05) is 30.4 Å². The molecule has 1 fully saturated rings. The fraction of sp³-hybridized carbons (Fsp3) is 0.478. The second kappa shape index (κ2) is 8.84. The Labute approximate surface area is 168 Å². The minimum Gasteiger partial charge on any atom is -0.496 e. The first-order valence-corrected chi connectivity index (χ1v) is 10.3. The van der Waals surface area contributed by atoms with Crippen LogP contribution in [0.5, 0.6) is 5.75 Å². The zero-order chi connectivity index (χ0) is 19.3. The molecule has 5 heteroatoms. The van der Waals surface area contributed by atoms with E-state index in [1.165, 1.54) is 11.3 Å². The summed E-state index contributed by atoms with van der Waals surface area (Å²) in [5.74, 6) is 2.49. The predicted octanol–water partition coefficient (Wildman–Crippen LogP) is 3.37. The molecule has 0 bridgehead atoms. The van der Waals surface area contributed by atoms with Crippen molar-refractivity contribution in [3.05, 3.63) is 59.2 Å². The lowest BCUT2D eigenvalue weighted by Gasteiger charge is -2.31. The fourth-order valence-electron chi connectivity index (χ4n) is 4.18. The third kappa shape index (κ3) is 4.42. The van der Waals surface area contributed by atoms with E-state index >= 15 is 0 Å². The molecule has 2 aromatic rings. The highest BCUT2D eigenvalue weighted by atomic mass is 16.5. The van der Waals surface area contributed by atoms with Crippen LogP contribution >= 0.6 is 0 Å². The lowest BCUT2D eigenvalue weighted by atomic mass is 9.95. The van der Waals surface area contributed by atoms with Crippen LogP contribution < -0.4 is 4.74 Å². The summed E-state index contributed by atoms with van der Waals surface area (Å²) in [7, 11) is 3.88. The summed E-state index contributed by atoms with van der Waals surface area (Å²) in [6.07, 6.45) is 9.80. The quantitative estimate of drug-likeness (QED) is 0.798. The number of para-hydroxylation sites is 1. The molecule has 0 atom stereocenters. The number of piperidine rings is 1. The van der Waals surface area contributed by atoms with Crippen molar-refractivity contribution in [1.82, 2.24) is 19.8 Å². The molecule has 5 nitrogen and oxygen atoms in total. The highest BCUT2D eigenvalue weighted by Gasteiger charge is 2.24. The molecule has 0 radical (unpaired) electrons. The fourth-order valence-corrected chi connectivity index (χ4v) is 4.18. The molecule has 2 aliphatic rings. The first-order chi connectivity index (χ1) is 13.7. The summed E-state index contributed by atoms with van der Waals surface area (Å²) >= 11 is 0. The van der Waals surface area contributed by atoms with Crippen LogP contribution in [-0.4, -0.2) is 60.1 Å². The maximum Gasteiger partial charge on any atom is 0.131 e. The Hall–Kier alpha value is -2.24. The van der Waals surface area contributed by atoms with Gasteiger partial charge in [0.25, 0.3) is 0 Å². The van der Waals surface area contributed by atoms with Gasteiger partial charge in [0.05, 0.1) is 7.11 Å². The molecule has 0 N–H and O–H groups in total. The Bertz CT molecular complexity index is 827. The molecule has 2 aliphatic heterocycles. The highest BCUT2D eigenvalue weighted by molar-refractivity contribution is 5.57. The molecule has 1 aromatic heterocycles. The van der Waals surface area contributed by atoms with Crippen LogP contribution in [0.25, 0.3) is 6.08 Å². The number of fused-ring (bicyclic) bond motifs is 1. The van der Waals surface area contributed by atoms with Gasteiger partial charge in [-0.3, -0.25) is 4.90 Å². The average Bonchev–Trinajstić information content (AvgIpc) is 2.74. The SMILES string of the molecule is COc1ccccc1/C=C/CN1CCC(c2ncc3c(n2)CCN(C)C3)CC1. The van der Waals surface area contributed by atoms with Crippen molar-refractivity contribution in [2.45, 2.75) is 31.7 Å². The molecule has 0 unspecified atom stereocenters. The number of methoxy groups -OCH3 is 1. The largest absolute Gasteiger partial charge is 0.496 e. The average molecular weight is 379 g/mol. The van der Waals surface area contributed by atoms with Crippen LogP contribution in [0.1, 0.15) is 41.4 Å². The number of ether oxygens (including phenoxy) is 1. The van der Waals surface area contributed by atoms with Gasteiger partial charge in [-0.05, 0) is 39.0 Å². The van der Waals surface area contributed by atoms with Gasteiger partial charge in [0.2, 0.25) is 0 Å². The Morgan fingerprint density at radius 2 is 2.00 bits per heavy atom. The third-order valence-electron chi connectivity index (χ3n) is 5.90. The Kier molecular flexibility index (Phi) is 6.03. The van der Waals surface area contributed by atoms with Crippen molar-refractivity contribution in [1.29, 1.82) is 0 Å². The molecule has 0 saturated carbocycles. The molecule has 3 heterocycles. The minimum atomic E-state index is 0.499. The predicted molar refractivity (Wildman–Crippen MR) is 113 cm³/mol. The maximum atomic E-state index is 5.41. The van der Waals surface area contributed by atoms with Gasteiger partial charge in [-0.2, -0.15) is 0 Å². The van der Waals surface area contributed by atoms with Crippen molar-refractivity contribution in [2.24, 2.45) is 0 Å². The number of likely N-dealkylation sites (N-methyl/N-ethyl adjacent to an activating group) is 1. The summed E-state index contributed by atoms with van der Waals surface area (Å²) in [5.41, 5.74) is 3.70. The molecule has 4 rings (SSSR count). The molecule has 1 aromatic carbocycles. The molecule has 0 aliphatic carbocycles. The van der Waals surface area contributed by atoms with Crippen LogP contribution in [-0.2, 0) is 13.0 Å². The van der Waals surface area contributed by atoms with Gasteiger partial charge in [-0.15, -0.1) is 0 Å². The van der Waals surface area contributed by atoms with E-state index in [4.69, 9.17) is 14.7 Å². The highest BCUT2D eigenvalue weighted by Crippen LogP contribution is 2.27. The van der Waals surface area contributed by atoms with Crippen molar-refractivity contribution >= 4 is 6.08 Å². The molecule has 1 saturated heterocycles. The monoisotopic (exact) mass is 378 g/mol. The first-order valence-electron chi connectivity index (χ1n) is 10.3. The molecular weight excluding hydrogens is 348 g/mol. The van der Waals surface area contributed by atoms with E-state index in [0.29, 0.717) is 5.92 Å². The first kappa shape index (κ1) is 19.1. The summed E-state index contributed by atoms with van der Waals surface area (Å²) in [4.78, 5) is 14.5. The van der Waals surface area contributed by atoms with E-state index < -0.39 is 0 Å². The summed E-state index contributed by atoms with van der Waals surface area (Å²) in [6, 6.07) is 8.14. The van der Waals surface area contributed by atoms with Crippen molar-refractivity contribution in [2.75, 3.05) is 40.3 Å². The van der Waals surface area contributed by atoms with Crippen LogP contribution in [0, 0.1) is 0 Å². The minimum absolute atomic E-state index is 0.499. The zero-order valence-electron chi connectivity index (χ0n) is 17.0. The second-order valence-corrected chi connectivity index (χ2v) is 7.91. The van der Waals surface area contributed by atoms with Crippen molar-refractivity contribution < 1.29 is 4.74 Å². The van der Waals surface area contributed by atoms with Crippen LogP contribution in [0.3, 0.4) is 0 Å². The number of benzene rings is 1. The number of hydrogen-bond acceptors (Lipinski definition) is 5. The number of aromatic nitrogens is 2. The molecular formula is C23H30N4O. The lowest BCUT2D eigenvalue weighted by molar-refractivity contribution is 0.228. The summed E-state index contributed by atoms with van der Waals surface area (Å²) in [5, 5.41) is 0. The van der Waals surface area contributed by atoms with Crippen molar-refractivity contribution in [3.63, 3.8) is 0 Å². The Morgan fingerprint density at radius 1 is 1.18 bits per heavy atom. The van der Waals surface area contributed by atoms with E-state index in [1.54, 1.807) is 7.11 Å². The van der Waals surface area contributed by atoms with Gasteiger partial charge in [0.1, 0.15) is 11.6 Å². The Balaban J connectivity index is 1.31. The Morgan fingerprint density at radius 3 is 2.82 bits per heavy atom. The van der Waals surface area contributed by atoms with Crippen LogP contribution in [0.15, 0.2) is 36.5 Å². The number of nitrogens with zero attached hydrogens (tertiary/aromatic N) is 4. The van der Waals surface area contributed by atoms with Gasteiger partial charge in [0.15, 0.2) is 0 Å².